The van der Waals surface area contributed by atoms with E-state index in [-0.39, 0.29) is 31.1 Å². The number of esters is 3. The van der Waals surface area contributed by atoms with Crippen LogP contribution >= 0.6 is 0 Å². The predicted molar refractivity (Wildman–Crippen MR) is 339 cm³/mol. The van der Waals surface area contributed by atoms with Gasteiger partial charge in [-0.25, -0.2) is 0 Å². The molecule has 0 saturated heterocycles. The lowest BCUT2D eigenvalue weighted by Crippen LogP contribution is -2.30. The summed E-state index contributed by atoms with van der Waals surface area (Å²) in [6, 6.07) is 0. The van der Waals surface area contributed by atoms with Crippen molar-refractivity contribution in [1.29, 1.82) is 0 Å². The molecule has 78 heavy (non-hydrogen) atoms. The molecule has 0 aliphatic carbocycles. The maximum atomic E-state index is 12.9. The first-order valence-corrected chi connectivity index (χ1v) is 35.0. The number of hydrogen-bond donors (Lipinski definition) is 0. The molecule has 0 fully saturated rings. The lowest BCUT2D eigenvalue weighted by molar-refractivity contribution is -0.167. The zero-order valence-corrected chi connectivity index (χ0v) is 52.7. The highest BCUT2D eigenvalue weighted by molar-refractivity contribution is 5.71. The van der Waals surface area contributed by atoms with Gasteiger partial charge in [-0.3, -0.25) is 14.4 Å². The Morgan fingerprint density at radius 3 is 0.731 bits per heavy atom. The molecule has 0 bridgehead atoms. The van der Waals surface area contributed by atoms with Crippen LogP contribution in [0.5, 0.6) is 0 Å². The van der Waals surface area contributed by atoms with Gasteiger partial charge >= 0.3 is 17.9 Å². The van der Waals surface area contributed by atoms with E-state index in [0.29, 0.717) is 19.3 Å². The molecule has 0 N–H and O–H groups in total. The molecule has 0 saturated carbocycles. The summed E-state index contributed by atoms with van der Waals surface area (Å²) in [4.78, 5) is 38.4. The summed E-state index contributed by atoms with van der Waals surface area (Å²) in [6.07, 6.45) is 83.1. The molecule has 6 heteroatoms. The smallest absolute Gasteiger partial charge is 0.306 e. The first-order chi connectivity index (χ1) is 38.5. The van der Waals surface area contributed by atoms with Crippen molar-refractivity contribution in [3.05, 3.63) is 36.5 Å². The molecule has 0 heterocycles. The average Bonchev–Trinajstić information content (AvgIpc) is 3.44. The minimum atomic E-state index is -0.778. The summed E-state index contributed by atoms with van der Waals surface area (Å²) in [7, 11) is 0. The third kappa shape index (κ3) is 64.5. The Kier molecular flexibility index (Phi) is 65.1. The lowest BCUT2D eigenvalue weighted by Gasteiger charge is -2.18. The third-order valence-electron chi connectivity index (χ3n) is 15.9. The van der Waals surface area contributed by atoms with Gasteiger partial charge in [-0.05, 0) is 77.0 Å². The second kappa shape index (κ2) is 67.1. The van der Waals surface area contributed by atoms with Gasteiger partial charge in [-0.15, -0.1) is 0 Å². The van der Waals surface area contributed by atoms with Gasteiger partial charge in [0.15, 0.2) is 6.10 Å². The van der Waals surface area contributed by atoms with Crippen molar-refractivity contribution < 1.29 is 28.6 Å². The van der Waals surface area contributed by atoms with Gasteiger partial charge in [0.05, 0.1) is 0 Å². The quantitative estimate of drug-likeness (QED) is 0.0261. The molecule has 0 rings (SSSR count). The Morgan fingerprint density at radius 2 is 0.462 bits per heavy atom. The van der Waals surface area contributed by atoms with Gasteiger partial charge in [0, 0.05) is 19.3 Å². The van der Waals surface area contributed by atoms with Crippen molar-refractivity contribution >= 4 is 17.9 Å². The summed E-state index contributed by atoms with van der Waals surface area (Å²) in [5, 5.41) is 0. The first kappa shape index (κ1) is 75.6. The monoisotopic (exact) mass is 1100 g/mol. The second-order valence-electron chi connectivity index (χ2n) is 23.8. The van der Waals surface area contributed by atoms with Crippen molar-refractivity contribution in [2.75, 3.05) is 13.2 Å². The van der Waals surface area contributed by atoms with Crippen LogP contribution in [0.3, 0.4) is 0 Å². The van der Waals surface area contributed by atoms with Crippen LogP contribution in [0.2, 0.25) is 0 Å². The fraction of sp³-hybridized carbons (Fsp3) is 0.875. The van der Waals surface area contributed by atoms with Crippen molar-refractivity contribution in [1.82, 2.24) is 0 Å². The van der Waals surface area contributed by atoms with Gasteiger partial charge in [0.1, 0.15) is 13.2 Å². The van der Waals surface area contributed by atoms with Crippen LogP contribution in [0.15, 0.2) is 36.5 Å². The van der Waals surface area contributed by atoms with Crippen LogP contribution in [-0.4, -0.2) is 37.2 Å². The molecule has 0 spiro atoms. The van der Waals surface area contributed by atoms with E-state index in [2.05, 4.69) is 57.2 Å². The topological polar surface area (TPSA) is 78.9 Å². The highest BCUT2D eigenvalue weighted by Gasteiger charge is 2.19. The second-order valence-corrected chi connectivity index (χ2v) is 23.8. The van der Waals surface area contributed by atoms with Crippen LogP contribution in [0.1, 0.15) is 387 Å². The van der Waals surface area contributed by atoms with Crippen LogP contribution < -0.4 is 0 Å². The maximum absolute atomic E-state index is 12.9. The Bertz CT molecular complexity index is 1300. The minimum absolute atomic E-state index is 0.0729. The van der Waals surface area contributed by atoms with E-state index in [0.717, 1.165) is 77.0 Å². The van der Waals surface area contributed by atoms with E-state index in [1.54, 1.807) is 0 Å². The molecule has 458 valence electrons. The Balaban J connectivity index is 4.28. The van der Waals surface area contributed by atoms with E-state index in [1.165, 1.54) is 270 Å². The van der Waals surface area contributed by atoms with Crippen LogP contribution in [0.25, 0.3) is 0 Å². The Labute approximate surface area is 486 Å². The van der Waals surface area contributed by atoms with Crippen LogP contribution in [0.4, 0.5) is 0 Å². The van der Waals surface area contributed by atoms with Gasteiger partial charge < -0.3 is 14.2 Å². The first-order valence-electron chi connectivity index (χ1n) is 35.0. The van der Waals surface area contributed by atoms with Crippen molar-refractivity contribution in [3.8, 4) is 0 Å². The number of carbonyl (C=O) groups excluding carboxylic acids is 3. The largest absolute Gasteiger partial charge is 0.462 e. The highest BCUT2D eigenvalue weighted by atomic mass is 16.6. The third-order valence-corrected chi connectivity index (χ3v) is 15.9. The summed E-state index contributed by atoms with van der Waals surface area (Å²) in [5.74, 6) is -0.861. The number of allylic oxidation sites excluding steroid dienone is 6. The molecule has 0 aromatic rings. The van der Waals surface area contributed by atoms with Crippen molar-refractivity contribution in [2.24, 2.45) is 0 Å². The van der Waals surface area contributed by atoms with Gasteiger partial charge in [0.25, 0.3) is 0 Å². The SMILES string of the molecule is CCCCCC/C=C\C/C=C\CCCCCCCC(=O)OCC(COC(=O)CCCCCCCCCCCCCCCCCCCCCCCCCCC)OC(=O)CCCCCCCCCCC/C=C\CCCCCCCC. The molecule has 1 unspecified atom stereocenters. The van der Waals surface area contributed by atoms with Gasteiger partial charge in [-0.2, -0.15) is 0 Å². The summed E-state index contributed by atoms with van der Waals surface area (Å²) < 4.78 is 17.0. The molecule has 0 amide bonds. The van der Waals surface area contributed by atoms with Gasteiger partial charge in [-0.1, -0.05) is 327 Å². The molecule has 0 aromatic carbocycles. The summed E-state index contributed by atoms with van der Waals surface area (Å²) in [6.45, 7) is 6.68. The summed E-state index contributed by atoms with van der Waals surface area (Å²) in [5.41, 5.74) is 0. The normalized spacial score (nSPS) is 12.2. The molecule has 6 nitrogen and oxygen atoms in total. The van der Waals surface area contributed by atoms with E-state index in [4.69, 9.17) is 14.2 Å². The number of rotatable bonds is 65. The van der Waals surface area contributed by atoms with E-state index < -0.39 is 6.10 Å². The standard InChI is InChI=1S/C72H134O6/c1-4-7-10-13-16-19-22-25-28-31-33-34-35-36-37-38-40-41-44-47-50-53-56-59-62-65-71(74)77-68-69(67-76-70(73)64-61-58-55-52-49-46-43-30-27-24-21-18-15-12-9-6-3)78-72(75)66-63-60-57-54-51-48-45-42-39-32-29-26-23-20-17-14-11-8-5-2/h21,24,26,29-30,43,69H,4-20,22-23,25,27-28,31-42,44-68H2,1-3H3/b24-21-,29-26-,43-30-. The fourth-order valence-electron chi connectivity index (χ4n) is 10.6. The number of unbranched alkanes of at least 4 members (excludes halogenated alkanes) is 48. The summed E-state index contributed by atoms with van der Waals surface area (Å²) >= 11 is 0. The molecule has 0 radical (unpaired) electrons. The van der Waals surface area contributed by atoms with Crippen LogP contribution in [0, 0.1) is 0 Å². The molecular formula is C72H134O6. The average molecular weight is 1100 g/mol. The Morgan fingerprint density at radius 1 is 0.256 bits per heavy atom. The van der Waals surface area contributed by atoms with E-state index in [9.17, 15) is 14.4 Å². The number of ether oxygens (including phenoxy) is 3. The highest BCUT2D eigenvalue weighted by Crippen LogP contribution is 2.18. The van der Waals surface area contributed by atoms with E-state index in [1.807, 2.05) is 0 Å². The van der Waals surface area contributed by atoms with Gasteiger partial charge in [0.2, 0.25) is 0 Å². The van der Waals surface area contributed by atoms with E-state index >= 15 is 0 Å². The zero-order valence-electron chi connectivity index (χ0n) is 52.7. The molecule has 0 aromatic heterocycles. The number of hydrogen-bond acceptors (Lipinski definition) is 6. The molecule has 1 atom stereocenters. The molecule has 0 aliphatic heterocycles. The molecule has 0 aliphatic rings. The predicted octanol–water partition coefficient (Wildman–Crippen LogP) is 23.9. The molecular weight excluding hydrogens is 961 g/mol. The number of carbonyl (C=O) groups is 3. The maximum Gasteiger partial charge on any atom is 0.306 e. The fourth-order valence-corrected chi connectivity index (χ4v) is 10.6. The van der Waals surface area contributed by atoms with Crippen molar-refractivity contribution in [3.63, 3.8) is 0 Å². The zero-order chi connectivity index (χ0) is 56.4. The lowest BCUT2D eigenvalue weighted by atomic mass is 10.0. The minimum Gasteiger partial charge on any atom is -0.462 e. The Hall–Kier alpha value is -2.37. The van der Waals surface area contributed by atoms with Crippen molar-refractivity contribution in [2.45, 2.75) is 393 Å². The van der Waals surface area contributed by atoms with Crippen LogP contribution in [-0.2, 0) is 28.6 Å².